The fourth-order valence-electron chi connectivity index (χ4n) is 3.12. The summed E-state index contributed by atoms with van der Waals surface area (Å²) in [7, 11) is -0.360. The van der Waals surface area contributed by atoms with Gasteiger partial charge in [-0.15, -0.1) is 0 Å². The van der Waals surface area contributed by atoms with Crippen molar-refractivity contribution in [3.8, 4) is 0 Å². The summed E-state index contributed by atoms with van der Waals surface area (Å²) < 4.78 is 29.2. The molecule has 0 atom stereocenters. The third kappa shape index (κ3) is 2.91. The van der Waals surface area contributed by atoms with Crippen LogP contribution in [0.4, 0.5) is 0 Å². The lowest BCUT2D eigenvalue weighted by Gasteiger charge is -2.11. The van der Waals surface area contributed by atoms with E-state index in [0.29, 0.717) is 25.1 Å². The van der Waals surface area contributed by atoms with Gasteiger partial charge in [0.15, 0.2) is 5.65 Å². The molecule has 0 radical (unpaired) electrons. The number of imidazole rings is 1. The molecule has 2 N–H and O–H groups in total. The van der Waals surface area contributed by atoms with E-state index in [4.69, 9.17) is 0 Å². The van der Waals surface area contributed by atoms with Gasteiger partial charge < -0.3 is 4.98 Å². The van der Waals surface area contributed by atoms with Gasteiger partial charge in [0, 0.05) is 27.1 Å². The molecule has 0 amide bonds. The largest absolute Gasteiger partial charge is 0.336 e. The molecular formula is C14H21N5O4S. The number of sulfonamides is 1. The van der Waals surface area contributed by atoms with E-state index >= 15 is 0 Å². The summed E-state index contributed by atoms with van der Waals surface area (Å²) in [5.74, 6) is 0.470. The molecule has 10 heteroatoms. The zero-order chi connectivity index (χ0) is 17.5. The Kier molecular flexibility index (Phi) is 4.35. The molecule has 0 bridgehead atoms. The molecule has 1 aliphatic carbocycles. The summed E-state index contributed by atoms with van der Waals surface area (Å²) in [6.07, 6.45) is 3.63. The van der Waals surface area contributed by atoms with Crippen molar-refractivity contribution in [3.63, 3.8) is 0 Å². The van der Waals surface area contributed by atoms with Crippen LogP contribution in [0.1, 0.15) is 31.5 Å². The molecule has 2 aromatic heterocycles. The van der Waals surface area contributed by atoms with E-state index in [9.17, 15) is 18.0 Å². The highest BCUT2D eigenvalue weighted by molar-refractivity contribution is 7.90. The molecule has 0 spiro atoms. The van der Waals surface area contributed by atoms with E-state index in [1.165, 1.54) is 18.7 Å². The second-order valence-corrected chi connectivity index (χ2v) is 8.23. The molecule has 2 aromatic rings. The molecule has 2 heterocycles. The molecule has 0 unspecified atom stereocenters. The van der Waals surface area contributed by atoms with Crippen LogP contribution in [-0.4, -0.2) is 39.3 Å². The molecule has 132 valence electrons. The molecule has 1 aliphatic rings. The van der Waals surface area contributed by atoms with Gasteiger partial charge in [-0.05, 0) is 12.8 Å². The van der Waals surface area contributed by atoms with Crippen molar-refractivity contribution in [2.45, 2.75) is 37.4 Å². The van der Waals surface area contributed by atoms with E-state index in [1.54, 1.807) is 0 Å². The molecule has 24 heavy (non-hydrogen) atoms. The van der Waals surface area contributed by atoms with E-state index in [-0.39, 0.29) is 23.0 Å². The average Bonchev–Trinajstić information content (AvgIpc) is 3.20. The van der Waals surface area contributed by atoms with Crippen molar-refractivity contribution in [1.29, 1.82) is 0 Å². The predicted octanol–water partition coefficient (Wildman–Crippen LogP) is -0.635. The Bertz CT molecular complexity index is 979. The minimum atomic E-state index is -3.30. The lowest BCUT2D eigenvalue weighted by Crippen LogP contribution is -2.36. The van der Waals surface area contributed by atoms with E-state index in [2.05, 4.69) is 14.7 Å². The second kappa shape index (κ2) is 6.17. The zero-order valence-electron chi connectivity index (χ0n) is 13.7. The first-order chi connectivity index (χ1) is 11.3. The Morgan fingerprint density at radius 1 is 1.21 bits per heavy atom. The fourth-order valence-corrected chi connectivity index (χ4v) is 4.70. The van der Waals surface area contributed by atoms with Gasteiger partial charge in [-0.2, -0.15) is 0 Å². The third-order valence-corrected chi connectivity index (χ3v) is 6.51. The van der Waals surface area contributed by atoms with Crippen LogP contribution in [0, 0.1) is 0 Å². The number of nitrogens with zero attached hydrogens (tertiary/aromatic N) is 3. The summed E-state index contributed by atoms with van der Waals surface area (Å²) in [5, 5.41) is -0.304. The minimum Gasteiger partial charge on any atom is -0.336 e. The number of nitrogens with one attached hydrogen (secondary N) is 2. The van der Waals surface area contributed by atoms with Gasteiger partial charge >= 0.3 is 5.69 Å². The molecule has 1 saturated carbocycles. The Labute approximate surface area is 138 Å². The summed E-state index contributed by atoms with van der Waals surface area (Å²) in [5.41, 5.74) is -0.379. The first-order valence-corrected chi connectivity index (χ1v) is 9.49. The first kappa shape index (κ1) is 16.9. The van der Waals surface area contributed by atoms with Crippen molar-refractivity contribution in [2.75, 3.05) is 6.54 Å². The number of rotatable bonds is 5. The number of aromatic amines is 1. The SMILES string of the molecule is Cn1c(=O)c2[nH]c(CCNS(=O)(=O)C3CCCC3)nc2n(C)c1=O. The highest BCUT2D eigenvalue weighted by Gasteiger charge is 2.28. The summed E-state index contributed by atoms with van der Waals surface area (Å²) in [6, 6.07) is 0. The third-order valence-electron chi connectivity index (χ3n) is 4.55. The lowest BCUT2D eigenvalue weighted by molar-refractivity contribution is 0.564. The number of fused-ring (bicyclic) bond motifs is 1. The van der Waals surface area contributed by atoms with Crippen LogP contribution in [0.5, 0.6) is 0 Å². The number of aryl methyl sites for hydroxylation is 1. The maximum atomic E-state index is 12.2. The molecule has 9 nitrogen and oxygen atoms in total. The number of aromatic nitrogens is 4. The second-order valence-electron chi connectivity index (χ2n) is 6.18. The van der Waals surface area contributed by atoms with Gasteiger partial charge in [0.05, 0.1) is 5.25 Å². The number of H-pyrrole nitrogens is 1. The monoisotopic (exact) mass is 355 g/mol. The summed E-state index contributed by atoms with van der Waals surface area (Å²) in [6.45, 7) is 0.201. The summed E-state index contributed by atoms with van der Waals surface area (Å²) >= 11 is 0. The number of hydrogen-bond donors (Lipinski definition) is 2. The van der Waals surface area contributed by atoms with Crippen LogP contribution in [0.3, 0.4) is 0 Å². The van der Waals surface area contributed by atoms with Crippen molar-refractivity contribution in [3.05, 3.63) is 26.7 Å². The Morgan fingerprint density at radius 3 is 2.54 bits per heavy atom. The Balaban J connectivity index is 1.77. The van der Waals surface area contributed by atoms with Crippen LogP contribution in [0.2, 0.25) is 0 Å². The van der Waals surface area contributed by atoms with Crippen molar-refractivity contribution in [2.24, 2.45) is 14.1 Å². The van der Waals surface area contributed by atoms with Crippen LogP contribution >= 0.6 is 0 Å². The van der Waals surface area contributed by atoms with Gasteiger partial charge in [0.1, 0.15) is 11.3 Å². The average molecular weight is 355 g/mol. The Hall–Kier alpha value is -1.94. The highest BCUT2D eigenvalue weighted by atomic mass is 32.2. The fraction of sp³-hybridized carbons (Fsp3) is 0.643. The van der Waals surface area contributed by atoms with E-state index in [1.807, 2.05) is 0 Å². The van der Waals surface area contributed by atoms with Crippen LogP contribution in [0.15, 0.2) is 9.59 Å². The first-order valence-electron chi connectivity index (χ1n) is 7.94. The number of hydrogen-bond acceptors (Lipinski definition) is 5. The highest BCUT2D eigenvalue weighted by Crippen LogP contribution is 2.23. The minimum absolute atomic E-state index is 0.201. The van der Waals surface area contributed by atoms with Crippen LogP contribution < -0.4 is 16.0 Å². The lowest BCUT2D eigenvalue weighted by atomic mass is 10.4. The quantitative estimate of drug-likeness (QED) is 0.740. The van der Waals surface area contributed by atoms with E-state index < -0.39 is 21.3 Å². The van der Waals surface area contributed by atoms with Gasteiger partial charge in [-0.3, -0.25) is 13.9 Å². The molecule has 0 aromatic carbocycles. The smallest absolute Gasteiger partial charge is 0.332 e. The molecule has 0 saturated heterocycles. The predicted molar refractivity (Wildman–Crippen MR) is 89.5 cm³/mol. The molecular weight excluding hydrogens is 334 g/mol. The maximum Gasteiger partial charge on any atom is 0.332 e. The van der Waals surface area contributed by atoms with Gasteiger partial charge in [-0.1, -0.05) is 12.8 Å². The van der Waals surface area contributed by atoms with Gasteiger partial charge in [-0.25, -0.2) is 22.9 Å². The molecule has 3 rings (SSSR count). The normalized spacial score (nSPS) is 16.2. The topological polar surface area (TPSA) is 119 Å². The van der Waals surface area contributed by atoms with Gasteiger partial charge in [0.2, 0.25) is 10.0 Å². The summed E-state index contributed by atoms with van der Waals surface area (Å²) in [4.78, 5) is 31.1. The van der Waals surface area contributed by atoms with Crippen molar-refractivity contribution < 1.29 is 8.42 Å². The van der Waals surface area contributed by atoms with E-state index in [0.717, 1.165) is 17.4 Å². The standard InChI is InChI=1S/C14H21N5O4S/c1-18-12-11(13(20)19(2)14(18)21)16-10(17-12)7-8-15-24(22,23)9-5-3-4-6-9/h9,15H,3-8H2,1-2H3,(H,16,17). The Morgan fingerprint density at radius 2 is 1.88 bits per heavy atom. The van der Waals surface area contributed by atoms with Crippen LogP contribution in [-0.2, 0) is 30.5 Å². The zero-order valence-corrected chi connectivity index (χ0v) is 14.5. The van der Waals surface area contributed by atoms with Crippen molar-refractivity contribution in [1.82, 2.24) is 23.8 Å². The molecule has 1 fully saturated rings. The maximum absolute atomic E-state index is 12.2. The molecule has 0 aliphatic heterocycles. The van der Waals surface area contributed by atoms with Gasteiger partial charge in [0.25, 0.3) is 5.56 Å². The van der Waals surface area contributed by atoms with Crippen molar-refractivity contribution >= 4 is 21.2 Å². The van der Waals surface area contributed by atoms with Crippen LogP contribution in [0.25, 0.3) is 11.2 Å².